The normalized spacial score (nSPS) is 23.6. The maximum atomic E-state index is 6.24. The molecule has 0 aromatic heterocycles. The zero-order chi connectivity index (χ0) is 10.8. The number of rotatable bonds is 5. The summed E-state index contributed by atoms with van der Waals surface area (Å²) in [6, 6.07) is 0. The molecule has 1 rings (SSSR count). The van der Waals surface area contributed by atoms with Crippen molar-refractivity contribution < 1.29 is 0 Å². The molecule has 2 N–H and O–H groups in total. The van der Waals surface area contributed by atoms with Gasteiger partial charge >= 0.3 is 0 Å². The highest BCUT2D eigenvalue weighted by Crippen LogP contribution is 2.27. The Kier molecular flexibility index (Phi) is 3.96. The van der Waals surface area contributed by atoms with Crippen molar-refractivity contribution in [2.24, 2.45) is 17.6 Å². The molecule has 1 aliphatic rings. The Morgan fingerprint density at radius 3 is 2.29 bits per heavy atom. The van der Waals surface area contributed by atoms with Crippen molar-refractivity contribution in [3.8, 4) is 0 Å². The maximum Gasteiger partial charge on any atom is 0.0435 e. The molecular weight excluding hydrogens is 172 g/mol. The second-order valence-corrected chi connectivity index (χ2v) is 5.45. The summed E-state index contributed by atoms with van der Waals surface area (Å²) >= 11 is 0. The number of nitrogens with two attached hydrogens (primary N) is 1. The summed E-state index contributed by atoms with van der Waals surface area (Å²) in [6.07, 6.45) is 2.64. The largest absolute Gasteiger partial charge is 0.323 e. The lowest BCUT2D eigenvalue weighted by Gasteiger charge is -2.51. The van der Waals surface area contributed by atoms with Crippen LogP contribution < -0.4 is 5.73 Å². The molecule has 0 aliphatic carbocycles. The maximum absolute atomic E-state index is 6.24. The molecule has 0 amide bonds. The van der Waals surface area contributed by atoms with Gasteiger partial charge in [-0.1, -0.05) is 34.1 Å². The van der Waals surface area contributed by atoms with Gasteiger partial charge in [-0.15, -0.1) is 0 Å². The minimum Gasteiger partial charge on any atom is -0.323 e. The molecule has 0 radical (unpaired) electrons. The van der Waals surface area contributed by atoms with Crippen molar-refractivity contribution >= 4 is 0 Å². The molecule has 2 nitrogen and oxygen atoms in total. The van der Waals surface area contributed by atoms with Crippen molar-refractivity contribution in [2.75, 3.05) is 19.6 Å². The zero-order valence-electron chi connectivity index (χ0n) is 10.2. The summed E-state index contributed by atoms with van der Waals surface area (Å²) in [4.78, 5) is 2.50. The smallest absolute Gasteiger partial charge is 0.0435 e. The number of hydrogen-bond acceptors (Lipinski definition) is 2. The first-order valence-corrected chi connectivity index (χ1v) is 5.99. The summed E-state index contributed by atoms with van der Waals surface area (Å²) in [5, 5.41) is 0. The van der Waals surface area contributed by atoms with Gasteiger partial charge in [0, 0.05) is 25.2 Å². The lowest BCUT2D eigenvalue weighted by molar-refractivity contribution is 0.0263. The predicted molar refractivity (Wildman–Crippen MR) is 62.3 cm³/mol. The van der Waals surface area contributed by atoms with Crippen LogP contribution in [0.5, 0.6) is 0 Å². The number of likely N-dealkylation sites (tertiary alicyclic amines) is 1. The van der Waals surface area contributed by atoms with E-state index in [1.165, 1.54) is 19.4 Å². The summed E-state index contributed by atoms with van der Waals surface area (Å²) < 4.78 is 0. The molecule has 1 atom stereocenters. The highest BCUT2D eigenvalue weighted by molar-refractivity contribution is 5.02. The fourth-order valence-corrected chi connectivity index (χ4v) is 2.31. The van der Waals surface area contributed by atoms with E-state index < -0.39 is 0 Å². The predicted octanol–water partition coefficient (Wildman–Crippen LogP) is 2.09. The van der Waals surface area contributed by atoms with E-state index in [1.54, 1.807) is 0 Å². The van der Waals surface area contributed by atoms with E-state index in [2.05, 4.69) is 32.6 Å². The van der Waals surface area contributed by atoms with Crippen molar-refractivity contribution in [1.82, 2.24) is 4.90 Å². The van der Waals surface area contributed by atoms with Crippen LogP contribution in [0, 0.1) is 11.8 Å². The summed E-state index contributed by atoms with van der Waals surface area (Å²) in [7, 11) is 0. The van der Waals surface area contributed by atoms with Gasteiger partial charge in [0.05, 0.1) is 0 Å². The summed E-state index contributed by atoms with van der Waals surface area (Å²) in [6.45, 7) is 12.5. The van der Waals surface area contributed by atoms with Gasteiger partial charge in [-0.25, -0.2) is 0 Å². The first-order chi connectivity index (χ1) is 6.48. The van der Waals surface area contributed by atoms with Crippen LogP contribution in [0.15, 0.2) is 0 Å². The Hall–Kier alpha value is -0.0800. The van der Waals surface area contributed by atoms with E-state index in [1.807, 2.05) is 0 Å². The third-order valence-corrected chi connectivity index (χ3v) is 3.54. The van der Waals surface area contributed by atoms with Crippen molar-refractivity contribution in [2.45, 2.75) is 46.1 Å². The van der Waals surface area contributed by atoms with Crippen LogP contribution in [-0.2, 0) is 0 Å². The molecule has 1 unspecified atom stereocenters. The second kappa shape index (κ2) is 4.63. The summed E-state index contributed by atoms with van der Waals surface area (Å²) in [5.41, 5.74) is 6.35. The van der Waals surface area contributed by atoms with Gasteiger partial charge in [0.25, 0.3) is 0 Å². The zero-order valence-corrected chi connectivity index (χ0v) is 10.2. The molecule has 0 aromatic rings. The van der Waals surface area contributed by atoms with Gasteiger partial charge in [-0.2, -0.15) is 0 Å². The van der Waals surface area contributed by atoms with E-state index in [4.69, 9.17) is 5.73 Å². The van der Waals surface area contributed by atoms with Gasteiger partial charge in [0.1, 0.15) is 0 Å². The molecule has 0 saturated carbocycles. The van der Waals surface area contributed by atoms with Crippen LogP contribution in [0.25, 0.3) is 0 Å². The Bertz CT molecular complexity index is 171. The molecule has 1 aliphatic heterocycles. The third kappa shape index (κ3) is 2.71. The van der Waals surface area contributed by atoms with Gasteiger partial charge in [0.2, 0.25) is 0 Å². The quantitative estimate of drug-likeness (QED) is 0.733. The summed E-state index contributed by atoms with van der Waals surface area (Å²) in [5.74, 6) is 1.44. The molecule has 1 fully saturated rings. The van der Waals surface area contributed by atoms with Crippen LogP contribution in [0.4, 0.5) is 0 Å². The fraction of sp³-hybridized carbons (Fsp3) is 1.00. The Morgan fingerprint density at radius 2 is 1.86 bits per heavy atom. The van der Waals surface area contributed by atoms with Gasteiger partial charge in [0.15, 0.2) is 0 Å². The molecule has 0 spiro atoms. The molecule has 2 heteroatoms. The van der Waals surface area contributed by atoms with E-state index in [0.29, 0.717) is 5.92 Å². The van der Waals surface area contributed by atoms with Crippen molar-refractivity contribution in [3.63, 3.8) is 0 Å². The van der Waals surface area contributed by atoms with Crippen LogP contribution in [0.3, 0.4) is 0 Å². The van der Waals surface area contributed by atoms with E-state index in [0.717, 1.165) is 19.0 Å². The highest BCUT2D eigenvalue weighted by atomic mass is 15.2. The average molecular weight is 198 g/mol. The minimum atomic E-state index is 0.103. The molecule has 1 heterocycles. The highest BCUT2D eigenvalue weighted by Gasteiger charge is 2.41. The molecule has 0 bridgehead atoms. The van der Waals surface area contributed by atoms with Gasteiger partial charge in [-0.05, 0) is 18.3 Å². The first-order valence-electron chi connectivity index (χ1n) is 5.99. The van der Waals surface area contributed by atoms with Crippen LogP contribution in [-0.4, -0.2) is 30.1 Å². The van der Waals surface area contributed by atoms with Gasteiger partial charge < -0.3 is 5.73 Å². The van der Waals surface area contributed by atoms with Crippen LogP contribution in [0.2, 0.25) is 0 Å². The van der Waals surface area contributed by atoms with E-state index in [-0.39, 0.29) is 5.54 Å². The molecule has 84 valence electrons. The fourth-order valence-electron chi connectivity index (χ4n) is 2.31. The number of nitrogens with zero attached hydrogens (tertiary/aromatic N) is 1. The molecule has 1 saturated heterocycles. The lowest BCUT2D eigenvalue weighted by atomic mass is 9.80. The monoisotopic (exact) mass is 198 g/mol. The molecule has 14 heavy (non-hydrogen) atoms. The van der Waals surface area contributed by atoms with E-state index in [9.17, 15) is 0 Å². The molecular formula is C12H26N2. The van der Waals surface area contributed by atoms with Crippen LogP contribution >= 0.6 is 0 Å². The lowest BCUT2D eigenvalue weighted by Crippen LogP contribution is -2.70. The average Bonchev–Trinajstić information content (AvgIpc) is 2.01. The Balaban J connectivity index is 2.21. The van der Waals surface area contributed by atoms with Gasteiger partial charge in [-0.3, -0.25) is 4.90 Å². The Morgan fingerprint density at radius 1 is 1.29 bits per heavy atom. The van der Waals surface area contributed by atoms with Crippen molar-refractivity contribution in [1.29, 1.82) is 0 Å². The topological polar surface area (TPSA) is 29.3 Å². The SMILES string of the molecule is CCCC(C)CN1CC(N)(C(C)C)C1. The van der Waals surface area contributed by atoms with Crippen molar-refractivity contribution in [3.05, 3.63) is 0 Å². The number of hydrogen-bond donors (Lipinski definition) is 1. The third-order valence-electron chi connectivity index (χ3n) is 3.54. The van der Waals surface area contributed by atoms with Crippen LogP contribution in [0.1, 0.15) is 40.5 Å². The molecule has 0 aromatic carbocycles. The second-order valence-electron chi connectivity index (χ2n) is 5.45. The minimum absolute atomic E-state index is 0.103. The van der Waals surface area contributed by atoms with E-state index >= 15 is 0 Å². The Labute approximate surface area is 88.8 Å². The first kappa shape index (κ1) is 12.0. The standard InChI is InChI=1S/C12H26N2/c1-5-6-11(4)7-14-8-12(13,9-14)10(2)3/h10-11H,5-9,13H2,1-4H3.